The summed E-state index contributed by atoms with van der Waals surface area (Å²) in [6.07, 6.45) is 1.76. The molecule has 3 aliphatic heterocycles. The highest BCUT2D eigenvalue weighted by molar-refractivity contribution is 6.20. The van der Waals surface area contributed by atoms with Crippen LogP contribution in [0.1, 0.15) is 28.8 Å². The third-order valence-electron chi connectivity index (χ3n) is 6.92. The van der Waals surface area contributed by atoms with Gasteiger partial charge in [0.25, 0.3) is 5.91 Å². The number of fused-ring (bicyclic) bond motifs is 4. The fourth-order valence-electron chi connectivity index (χ4n) is 5.39. The predicted octanol–water partition coefficient (Wildman–Crippen LogP) is 2.50. The van der Waals surface area contributed by atoms with Crippen molar-refractivity contribution in [3.8, 4) is 0 Å². The number of nitrogens with one attached hydrogen (secondary N) is 1. The number of imide groups is 2. The second kappa shape index (κ2) is 7.19. The van der Waals surface area contributed by atoms with E-state index in [1.165, 1.54) is 14.1 Å². The molecule has 32 heavy (non-hydrogen) atoms. The largest absolute Gasteiger partial charge is 0.367 e. The fourth-order valence-corrected chi connectivity index (χ4v) is 5.39. The highest BCUT2D eigenvalue weighted by Gasteiger charge is 2.63. The Balaban J connectivity index is 1.54. The Hall–Kier alpha value is -3.68. The second-order valence-electron chi connectivity index (χ2n) is 8.67. The average molecular weight is 432 g/mol. The monoisotopic (exact) mass is 432 g/mol. The van der Waals surface area contributed by atoms with Gasteiger partial charge in [0.05, 0.1) is 6.04 Å². The van der Waals surface area contributed by atoms with E-state index in [0.717, 1.165) is 34.0 Å². The van der Waals surface area contributed by atoms with Crippen molar-refractivity contribution in [1.82, 2.24) is 9.80 Å². The summed E-state index contributed by atoms with van der Waals surface area (Å²) < 4.78 is 0. The third-order valence-corrected chi connectivity index (χ3v) is 6.92. The van der Waals surface area contributed by atoms with Crippen molar-refractivity contribution in [2.75, 3.05) is 30.9 Å². The van der Waals surface area contributed by atoms with Gasteiger partial charge in [0, 0.05) is 37.6 Å². The molecule has 8 heteroatoms. The van der Waals surface area contributed by atoms with Gasteiger partial charge in [-0.15, -0.1) is 0 Å². The Morgan fingerprint density at radius 3 is 2.38 bits per heavy atom. The first-order valence-electron chi connectivity index (χ1n) is 10.7. The summed E-state index contributed by atoms with van der Waals surface area (Å²) in [6.45, 7) is 0.733. The van der Waals surface area contributed by atoms with E-state index in [-0.39, 0.29) is 18.4 Å². The van der Waals surface area contributed by atoms with Crippen molar-refractivity contribution in [1.29, 1.82) is 0 Å². The van der Waals surface area contributed by atoms with E-state index in [1.54, 1.807) is 24.3 Å². The third kappa shape index (κ3) is 2.75. The minimum atomic E-state index is -1.34. The molecular weight excluding hydrogens is 408 g/mol. The van der Waals surface area contributed by atoms with Crippen LogP contribution in [0.2, 0.25) is 0 Å². The summed E-state index contributed by atoms with van der Waals surface area (Å²) in [5, 5.41) is 2.90. The van der Waals surface area contributed by atoms with Crippen molar-refractivity contribution in [2.24, 2.45) is 5.41 Å². The maximum absolute atomic E-state index is 13.4. The van der Waals surface area contributed by atoms with Crippen LogP contribution in [0.25, 0.3) is 0 Å². The summed E-state index contributed by atoms with van der Waals surface area (Å²) in [7, 11) is 2.86. The standard InChI is InChI=1S/C24H24N4O4/c1-26-21(30)24(22(31)27(2)23(26)32)14-16-13-17(25-20(29)15-7-4-3-5-8-15)10-11-18(16)28-12-6-9-19(24)28/h3-5,7-8,10-11,13,19H,6,9,12,14H2,1-2H3,(H,25,29)/t19-/m0/s1. The van der Waals surface area contributed by atoms with E-state index < -0.39 is 23.3 Å². The molecule has 0 saturated carbocycles. The molecule has 3 heterocycles. The number of amides is 5. The van der Waals surface area contributed by atoms with Gasteiger partial charge in [0.15, 0.2) is 5.41 Å². The number of carbonyl (C=O) groups is 4. The molecule has 5 amide bonds. The van der Waals surface area contributed by atoms with E-state index in [1.807, 2.05) is 24.3 Å². The second-order valence-corrected chi connectivity index (χ2v) is 8.67. The maximum atomic E-state index is 13.4. The first-order valence-corrected chi connectivity index (χ1v) is 10.7. The summed E-state index contributed by atoms with van der Waals surface area (Å²) in [4.78, 5) is 56.1. The van der Waals surface area contributed by atoms with E-state index in [4.69, 9.17) is 0 Å². The summed E-state index contributed by atoms with van der Waals surface area (Å²) >= 11 is 0. The van der Waals surface area contributed by atoms with Gasteiger partial charge in [-0.05, 0) is 55.2 Å². The van der Waals surface area contributed by atoms with E-state index in [0.29, 0.717) is 17.7 Å². The van der Waals surface area contributed by atoms with Crippen LogP contribution in [0.15, 0.2) is 48.5 Å². The first kappa shape index (κ1) is 20.2. The molecule has 2 fully saturated rings. The van der Waals surface area contributed by atoms with E-state index >= 15 is 0 Å². The number of carbonyl (C=O) groups excluding carboxylic acids is 4. The van der Waals surface area contributed by atoms with Crippen LogP contribution in [0.3, 0.4) is 0 Å². The van der Waals surface area contributed by atoms with E-state index in [9.17, 15) is 19.2 Å². The van der Waals surface area contributed by atoms with Crippen LogP contribution >= 0.6 is 0 Å². The van der Waals surface area contributed by atoms with Crippen molar-refractivity contribution < 1.29 is 19.2 Å². The molecule has 164 valence electrons. The minimum absolute atomic E-state index is 0.193. The molecular formula is C24H24N4O4. The molecule has 0 bridgehead atoms. The molecule has 1 spiro atoms. The predicted molar refractivity (Wildman–Crippen MR) is 118 cm³/mol. The quantitative estimate of drug-likeness (QED) is 0.737. The zero-order valence-electron chi connectivity index (χ0n) is 18.0. The molecule has 0 aliphatic carbocycles. The summed E-state index contributed by atoms with van der Waals surface area (Å²) in [5.41, 5.74) is 1.58. The number of nitrogens with zero attached hydrogens (tertiary/aromatic N) is 3. The molecule has 1 N–H and O–H groups in total. The smallest absolute Gasteiger partial charge is 0.332 e. The number of hydrogen-bond donors (Lipinski definition) is 1. The Morgan fingerprint density at radius 2 is 1.69 bits per heavy atom. The van der Waals surface area contributed by atoms with Gasteiger partial charge in [-0.3, -0.25) is 24.2 Å². The van der Waals surface area contributed by atoms with Gasteiger partial charge in [-0.25, -0.2) is 4.79 Å². The van der Waals surface area contributed by atoms with Crippen LogP contribution in [0.5, 0.6) is 0 Å². The lowest BCUT2D eigenvalue weighted by molar-refractivity contribution is -0.159. The molecule has 8 nitrogen and oxygen atoms in total. The average Bonchev–Trinajstić information content (AvgIpc) is 3.31. The Morgan fingerprint density at radius 1 is 1.00 bits per heavy atom. The highest BCUT2D eigenvalue weighted by atomic mass is 16.2. The van der Waals surface area contributed by atoms with Crippen LogP contribution in [-0.2, 0) is 16.0 Å². The van der Waals surface area contributed by atoms with E-state index in [2.05, 4.69) is 10.2 Å². The number of urea groups is 1. The van der Waals surface area contributed by atoms with Crippen LogP contribution < -0.4 is 10.2 Å². The number of hydrogen-bond acceptors (Lipinski definition) is 5. The Labute approximate surface area is 185 Å². The van der Waals surface area contributed by atoms with Gasteiger partial charge >= 0.3 is 6.03 Å². The van der Waals surface area contributed by atoms with Gasteiger partial charge < -0.3 is 10.2 Å². The van der Waals surface area contributed by atoms with Gasteiger partial charge in [0.1, 0.15) is 0 Å². The number of anilines is 2. The molecule has 2 aromatic rings. The zero-order chi connectivity index (χ0) is 22.6. The fraction of sp³-hybridized carbons (Fsp3) is 0.333. The number of rotatable bonds is 2. The van der Waals surface area contributed by atoms with Crippen LogP contribution in [-0.4, -0.2) is 60.2 Å². The molecule has 1 atom stereocenters. The molecule has 0 aromatic heterocycles. The maximum Gasteiger partial charge on any atom is 0.332 e. The lowest BCUT2D eigenvalue weighted by Crippen LogP contribution is -2.70. The minimum Gasteiger partial charge on any atom is -0.367 e. The van der Waals surface area contributed by atoms with Crippen LogP contribution in [0.4, 0.5) is 16.2 Å². The van der Waals surface area contributed by atoms with Gasteiger partial charge in [0.2, 0.25) is 11.8 Å². The zero-order valence-corrected chi connectivity index (χ0v) is 18.0. The summed E-state index contributed by atoms with van der Waals surface area (Å²) in [6, 6.07) is 13.6. The lowest BCUT2D eigenvalue weighted by atomic mass is 9.68. The molecule has 5 rings (SSSR count). The SMILES string of the molecule is CN1C(=O)N(C)C(=O)C2(Cc3cc(NC(=O)c4ccccc4)ccc3N3CCC[C@H]32)C1=O. The Kier molecular flexibility index (Phi) is 4.54. The van der Waals surface area contributed by atoms with Gasteiger partial charge in [-0.1, -0.05) is 18.2 Å². The van der Waals surface area contributed by atoms with Crippen molar-refractivity contribution >= 4 is 35.1 Å². The normalized spacial score (nSPS) is 21.6. The number of barbiturate groups is 1. The molecule has 0 unspecified atom stereocenters. The molecule has 3 aliphatic rings. The van der Waals surface area contributed by atoms with Crippen LogP contribution in [0, 0.1) is 5.41 Å². The topological polar surface area (TPSA) is 90.0 Å². The Bertz CT molecular complexity index is 1120. The van der Waals surface area contributed by atoms with Crippen molar-refractivity contribution in [3.63, 3.8) is 0 Å². The van der Waals surface area contributed by atoms with Crippen molar-refractivity contribution in [3.05, 3.63) is 59.7 Å². The highest BCUT2D eigenvalue weighted by Crippen LogP contribution is 2.49. The first-order chi connectivity index (χ1) is 15.3. The molecule has 2 aromatic carbocycles. The lowest BCUT2D eigenvalue weighted by Gasteiger charge is -2.50. The summed E-state index contributed by atoms with van der Waals surface area (Å²) in [5.74, 6) is -1.14. The molecule has 0 radical (unpaired) electrons. The molecule has 2 saturated heterocycles. The van der Waals surface area contributed by atoms with Crippen molar-refractivity contribution in [2.45, 2.75) is 25.3 Å². The number of benzene rings is 2. The van der Waals surface area contributed by atoms with Gasteiger partial charge in [-0.2, -0.15) is 0 Å².